The first-order valence-electron chi connectivity index (χ1n) is 7.91. The van der Waals surface area contributed by atoms with E-state index < -0.39 is 0 Å². The third-order valence-electron chi connectivity index (χ3n) is 4.10. The SMILES string of the molecule is CC(C)c1nn(C)c2sc(C(=O)Nc3cc4c(cc3N)OCO4)cc12. The number of aryl methyl sites for hydroxylation is 1. The molecule has 7 nitrogen and oxygen atoms in total. The van der Waals surface area contributed by atoms with Crippen molar-refractivity contribution < 1.29 is 14.3 Å². The van der Waals surface area contributed by atoms with E-state index in [0.29, 0.717) is 33.7 Å². The van der Waals surface area contributed by atoms with Gasteiger partial charge in [0.15, 0.2) is 11.5 Å². The minimum Gasteiger partial charge on any atom is -0.454 e. The number of amides is 1. The Morgan fingerprint density at radius 3 is 2.76 bits per heavy atom. The highest BCUT2D eigenvalue weighted by atomic mass is 32.1. The quantitative estimate of drug-likeness (QED) is 0.701. The first-order chi connectivity index (χ1) is 11.9. The van der Waals surface area contributed by atoms with E-state index in [2.05, 4.69) is 24.3 Å². The van der Waals surface area contributed by atoms with Crippen molar-refractivity contribution in [2.45, 2.75) is 19.8 Å². The number of aromatic nitrogens is 2. The van der Waals surface area contributed by atoms with Crippen LogP contribution >= 0.6 is 11.3 Å². The second kappa shape index (κ2) is 5.66. The molecular weight excluding hydrogens is 340 g/mol. The second-order valence-electron chi connectivity index (χ2n) is 6.24. The van der Waals surface area contributed by atoms with Crippen LogP contribution in [0.4, 0.5) is 11.4 Å². The number of fused-ring (bicyclic) bond motifs is 2. The van der Waals surface area contributed by atoms with Gasteiger partial charge in [0.05, 0.1) is 21.9 Å². The molecule has 0 spiro atoms. The number of thiophene rings is 1. The molecule has 1 aliphatic heterocycles. The number of ether oxygens (including phenoxy) is 2. The third kappa shape index (κ3) is 2.58. The smallest absolute Gasteiger partial charge is 0.265 e. The molecule has 0 fully saturated rings. The molecule has 1 aromatic carbocycles. The maximum atomic E-state index is 12.7. The minimum absolute atomic E-state index is 0.160. The zero-order valence-electron chi connectivity index (χ0n) is 14.1. The van der Waals surface area contributed by atoms with Crippen LogP contribution < -0.4 is 20.5 Å². The Morgan fingerprint density at radius 2 is 2.04 bits per heavy atom. The van der Waals surface area contributed by atoms with Crippen LogP contribution in [0.1, 0.15) is 35.1 Å². The van der Waals surface area contributed by atoms with Crippen molar-refractivity contribution in [1.29, 1.82) is 0 Å². The second-order valence-corrected chi connectivity index (χ2v) is 7.27. The summed E-state index contributed by atoms with van der Waals surface area (Å²) in [4.78, 5) is 14.3. The molecule has 2 aromatic heterocycles. The van der Waals surface area contributed by atoms with E-state index in [1.165, 1.54) is 11.3 Å². The van der Waals surface area contributed by atoms with E-state index in [1.807, 2.05) is 17.8 Å². The molecule has 25 heavy (non-hydrogen) atoms. The van der Waals surface area contributed by atoms with Gasteiger partial charge in [-0.1, -0.05) is 13.8 Å². The lowest BCUT2D eigenvalue weighted by Crippen LogP contribution is -2.11. The Hall–Kier alpha value is -2.74. The van der Waals surface area contributed by atoms with Crippen LogP contribution in [-0.2, 0) is 7.05 Å². The van der Waals surface area contributed by atoms with Crippen molar-refractivity contribution in [3.05, 3.63) is 28.8 Å². The molecule has 0 bridgehead atoms. The van der Waals surface area contributed by atoms with E-state index >= 15 is 0 Å². The minimum atomic E-state index is -0.207. The number of benzene rings is 1. The fourth-order valence-corrected chi connectivity index (χ4v) is 3.83. The number of nitrogen functional groups attached to an aromatic ring is 1. The summed E-state index contributed by atoms with van der Waals surface area (Å²) in [6, 6.07) is 5.23. The summed E-state index contributed by atoms with van der Waals surface area (Å²) in [6.45, 7) is 4.34. The van der Waals surface area contributed by atoms with Crippen LogP contribution in [0.15, 0.2) is 18.2 Å². The first kappa shape index (κ1) is 15.8. The summed E-state index contributed by atoms with van der Waals surface area (Å²) in [6.07, 6.45) is 0. The summed E-state index contributed by atoms with van der Waals surface area (Å²) in [5.74, 6) is 1.25. The van der Waals surface area contributed by atoms with Gasteiger partial charge in [0.1, 0.15) is 4.83 Å². The standard InChI is InChI=1S/C17H18N4O3S/c1-8(2)15-9-4-14(25-17(9)21(3)20-15)16(22)19-11-6-13-12(5-10(11)18)23-7-24-13/h4-6,8H,7,18H2,1-3H3,(H,19,22). The Bertz CT molecular complexity index is 990. The molecule has 0 saturated carbocycles. The van der Waals surface area contributed by atoms with Gasteiger partial charge >= 0.3 is 0 Å². The highest BCUT2D eigenvalue weighted by Gasteiger charge is 2.21. The Morgan fingerprint density at radius 1 is 1.32 bits per heavy atom. The molecule has 1 aliphatic rings. The zero-order valence-corrected chi connectivity index (χ0v) is 14.9. The Kier molecular flexibility index (Phi) is 3.57. The molecule has 0 radical (unpaired) electrons. The monoisotopic (exact) mass is 358 g/mol. The van der Waals surface area contributed by atoms with E-state index in [0.717, 1.165) is 15.9 Å². The maximum absolute atomic E-state index is 12.7. The molecule has 0 saturated heterocycles. The molecule has 130 valence electrons. The van der Waals surface area contributed by atoms with Gasteiger partial charge in [-0.05, 0) is 12.0 Å². The lowest BCUT2D eigenvalue weighted by molar-refractivity contribution is 0.103. The third-order valence-corrected chi connectivity index (χ3v) is 5.30. The van der Waals surface area contributed by atoms with Gasteiger partial charge in [0.25, 0.3) is 5.91 Å². The molecule has 1 amide bonds. The molecule has 3 heterocycles. The number of nitrogens with two attached hydrogens (primary N) is 1. The topological polar surface area (TPSA) is 91.4 Å². The lowest BCUT2D eigenvalue weighted by Gasteiger charge is -2.08. The number of carbonyl (C=O) groups is 1. The molecule has 0 aliphatic carbocycles. The van der Waals surface area contributed by atoms with Gasteiger partial charge in [-0.3, -0.25) is 9.48 Å². The molecule has 4 rings (SSSR count). The summed E-state index contributed by atoms with van der Waals surface area (Å²) in [5, 5.41) is 8.41. The molecule has 0 atom stereocenters. The number of nitrogens with one attached hydrogen (secondary N) is 1. The number of hydrogen-bond donors (Lipinski definition) is 2. The fraction of sp³-hybridized carbons (Fsp3) is 0.294. The summed E-state index contributed by atoms with van der Waals surface area (Å²) in [7, 11) is 1.89. The van der Waals surface area contributed by atoms with Crippen LogP contribution in [0.25, 0.3) is 10.2 Å². The molecule has 0 unspecified atom stereocenters. The lowest BCUT2D eigenvalue weighted by atomic mass is 10.1. The molecule has 3 aromatic rings. The number of anilines is 2. The van der Waals surface area contributed by atoms with Gasteiger partial charge in [0, 0.05) is 24.6 Å². The highest BCUT2D eigenvalue weighted by Crippen LogP contribution is 2.39. The average Bonchev–Trinajstić information content (AvgIpc) is 3.24. The van der Waals surface area contributed by atoms with Crippen LogP contribution in [0.2, 0.25) is 0 Å². The molecule has 8 heteroatoms. The first-order valence-corrected chi connectivity index (χ1v) is 8.72. The summed E-state index contributed by atoms with van der Waals surface area (Å²) in [5.41, 5.74) is 7.94. The zero-order chi connectivity index (χ0) is 17.7. The van der Waals surface area contributed by atoms with Crippen molar-refractivity contribution in [3.63, 3.8) is 0 Å². The number of carbonyl (C=O) groups excluding carboxylic acids is 1. The predicted molar refractivity (Wildman–Crippen MR) is 97.6 cm³/mol. The predicted octanol–water partition coefficient (Wildman–Crippen LogP) is 3.32. The van der Waals surface area contributed by atoms with Crippen molar-refractivity contribution >= 4 is 38.8 Å². The summed E-state index contributed by atoms with van der Waals surface area (Å²) < 4.78 is 12.4. The van der Waals surface area contributed by atoms with Crippen LogP contribution in [0.5, 0.6) is 11.5 Å². The van der Waals surface area contributed by atoms with Crippen LogP contribution in [-0.4, -0.2) is 22.5 Å². The van der Waals surface area contributed by atoms with Gasteiger partial charge in [0.2, 0.25) is 6.79 Å². The molecular formula is C17H18N4O3S. The average molecular weight is 358 g/mol. The van der Waals surface area contributed by atoms with Crippen molar-refractivity contribution in [2.24, 2.45) is 7.05 Å². The number of hydrogen-bond acceptors (Lipinski definition) is 6. The van der Waals surface area contributed by atoms with Gasteiger partial charge in [-0.15, -0.1) is 11.3 Å². The van der Waals surface area contributed by atoms with Gasteiger partial charge in [-0.2, -0.15) is 5.10 Å². The Labute approximate surface area is 148 Å². The van der Waals surface area contributed by atoms with Gasteiger partial charge in [-0.25, -0.2) is 0 Å². The van der Waals surface area contributed by atoms with E-state index in [9.17, 15) is 4.79 Å². The van der Waals surface area contributed by atoms with Gasteiger partial charge < -0.3 is 20.5 Å². The van der Waals surface area contributed by atoms with E-state index in [1.54, 1.807) is 12.1 Å². The van der Waals surface area contributed by atoms with E-state index in [4.69, 9.17) is 15.2 Å². The van der Waals surface area contributed by atoms with Crippen molar-refractivity contribution in [1.82, 2.24) is 9.78 Å². The number of rotatable bonds is 3. The van der Waals surface area contributed by atoms with Crippen molar-refractivity contribution in [3.8, 4) is 11.5 Å². The fourth-order valence-electron chi connectivity index (χ4n) is 2.85. The Balaban J connectivity index is 1.66. The number of nitrogens with zero attached hydrogens (tertiary/aromatic N) is 2. The largest absolute Gasteiger partial charge is 0.454 e. The summed E-state index contributed by atoms with van der Waals surface area (Å²) >= 11 is 1.41. The normalized spacial score (nSPS) is 13.0. The molecule has 3 N–H and O–H groups in total. The van der Waals surface area contributed by atoms with E-state index in [-0.39, 0.29) is 12.7 Å². The van der Waals surface area contributed by atoms with Crippen molar-refractivity contribution in [2.75, 3.05) is 17.8 Å². The van der Waals surface area contributed by atoms with Crippen LogP contribution in [0.3, 0.4) is 0 Å². The van der Waals surface area contributed by atoms with Crippen LogP contribution in [0, 0.1) is 0 Å². The highest BCUT2D eigenvalue weighted by molar-refractivity contribution is 7.20. The maximum Gasteiger partial charge on any atom is 0.265 e.